The molecule has 0 spiro atoms. The number of aromatic nitrogens is 1. The smallest absolute Gasteiger partial charge is 0.304 e. The van der Waals surface area contributed by atoms with E-state index >= 15 is 0 Å². The highest BCUT2D eigenvalue weighted by Crippen LogP contribution is 2.24. The molecule has 0 saturated carbocycles. The average molecular weight is 467 g/mol. The van der Waals surface area contributed by atoms with Gasteiger partial charge in [-0.05, 0) is 31.4 Å². The maximum absolute atomic E-state index is 12.8. The van der Waals surface area contributed by atoms with Gasteiger partial charge in [0.15, 0.2) is 0 Å². The van der Waals surface area contributed by atoms with E-state index in [9.17, 15) is 14.7 Å². The third kappa shape index (κ3) is 11.0. The molecule has 5 nitrogen and oxygen atoms in total. The molecule has 0 radical (unpaired) electrons. The third-order valence-corrected chi connectivity index (χ3v) is 6.29. The van der Waals surface area contributed by atoms with Gasteiger partial charge in [-0.2, -0.15) is 0 Å². The lowest BCUT2D eigenvalue weighted by Crippen LogP contribution is -2.25. The number of aliphatic carboxylic acids is 1. The Bertz CT molecular complexity index is 889. The minimum Gasteiger partial charge on any atom is -0.481 e. The van der Waals surface area contributed by atoms with Crippen LogP contribution in [0.25, 0.3) is 10.8 Å². The van der Waals surface area contributed by atoms with E-state index in [1.807, 2.05) is 30.3 Å². The summed E-state index contributed by atoms with van der Waals surface area (Å²) in [5.41, 5.74) is 0.685. The van der Waals surface area contributed by atoms with Gasteiger partial charge in [-0.3, -0.25) is 14.6 Å². The van der Waals surface area contributed by atoms with Crippen LogP contribution >= 0.6 is 0 Å². The molecule has 0 bridgehead atoms. The predicted molar refractivity (Wildman–Crippen MR) is 141 cm³/mol. The number of carbonyl (C=O) groups is 2. The number of carbonyl (C=O) groups excluding carboxylic acids is 1. The summed E-state index contributed by atoms with van der Waals surface area (Å²) in [6.07, 6.45) is 23.3. The standard InChI is InChI=1S/C29H42N2O3/c1-2-3-4-5-6-7-8-9-10-11-12-13-14-15-17-24(22-28(32)33)29(34)31-27-19-16-18-25-23-30-21-20-26(25)27/h14-16,18-21,23-24H,2-13,17,22H2,1H3,(H,31,34)(H,32,33)/b15-14+/t24-/m0/s1. The van der Waals surface area contributed by atoms with Gasteiger partial charge in [0.1, 0.15) is 0 Å². The predicted octanol–water partition coefficient (Wildman–Crippen LogP) is 7.91. The molecule has 1 amide bonds. The quantitative estimate of drug-likeness (QED) is 0.173. The zero-order valence-electron chi connectivity index (χ0n) is 20.8. The lowest BCUT2D eigenvalue weighted by Gasteiger charge is -2.14. The van der Waals surface area contributed by atoms with Gasteiger partial charge in [-0.25, -0.2) is 0 Å². The lowest BCUT2D eigenvalue weighted by molar-refractivity contribution is -0.140. The number of benzene rings is 1. The number of carboxylic acid groups (broad SMARTS) is 1. The Morgan fingerprint density at radius 1 is 0.941 bits per heavy atom. The van der Waals surface area contributed by atoms with Crippen molar-refractivity contribution >= 4 is 28.3 Å². The van der Waals surface area contributed by atoms with Gasteiger partial charge in [0.25, 0.3) is 0 Å². The first-order valence-corrected chi connectivity index (χ1v) is 13.1. The topological polar surface area (TPSA) is 79.3 Å². The number of unbranched alkanes of at least 4 members (excludes halogenated alkanes) is 11. The van der Waals surface area contributed by atoms with Crippen LogP contribution in [0.4, 0.5) is 5.69 Å². The highest BCUT2D eigenvalue weighted by atomic mass is 16.4. The van der Waals surface area contributed by atoms with Crippen LogP contribution in [0, 0.1) is 5.92 Å². The van der Waals surface area contributed by atoms with Crippen molar-refractivity contribution in [3.63, 3.8) is 0 Å². The van der Waals surface area contributed by atoms with Crippen LogP contribution < -0.4 is 5.32 Å². The fourth-order valence-electron chi connectivity index (χ4n) is 4.26. The van der Waals surface area contributed by atoms with Crippen molar-refractivity contribution in [2.45, 2.75) is 96.8 Å². The van der Waals surface area contributed by atoms with Crippen LogP contribution in [0.5, 0.6) is 0 Å². The molecule has 1 aromatic carbocycles. The minimum absolute atomic E-state index is 0.180. The van der Waals surface area contributed by atoms with Crippen molar-refractivity contribution in [2.24, 2.45) is 5.92 Å². The summed E-state index contributed by atoms with van der Waals surface area (Å²) in [5, 5.41) is 14.0. The fraction of sp³-hybridized carbons (Fsp3) is 0.552. The second-order valence-corrected chi connectivity index (χ2v) is 9.22. The van der Waals surface area contributed by atoms with Gasteiger partial charge in [-0.1, -0.05) is 95.4 Å². The summed E-state index contributed by atoms with van der Waals surface area (Å²) < 4.78 is 0. The number of hydrogen-bond donors (Lipinski definition) is 2. The monoisotopic (exact) mass is 466 g/mol. The molecule has 2 N–H and O–H groups in total. The number of amides is 1. The zero-order valence-corrected chi connectivity index (χ0v) is 20.8. The molecule has 2 rings (SSSR count). The van der Waals surface area contributed by atoms with Crippen molar-refractivity contribution in [1.82, 2.24) is 4.98 Å². The minimum atomic E-state index is -0.957. The zero-order chi connectivity index (χ0) is 24.4. The van der Waals surface area contributed by atoms with E-state index in [4.69, 9.17) is 0 Å². The molecule has 1 aromatic heterocycles. The SMILES string of the molecule is CCCCCCCCCCCCC/C=C/C[C@@H](CC(=O)O)C(=O)Nc1cccc2cnccc12. The van der Waals surface area contributed by atoms with Gasteiger partial charge >= 0.3 is 5.97 Å². The number of hydrogen-bond acceptors (Lipinski definition) is 3. The van der Waals surface area contributed by atoms with E-state index in [0.29, 0.717) is 12.1 Å². The normalized spacial score (nSPS) is 12.3. The molecule has 1 atom stereocenters. The second kappa shape index (κ2) is 16.9. The van der Waals surface area contributed by atoms with E-state index in [2.05, 4.69) is 23.3 Å². The van der Waals surface area contributed by atoms with Crippen LogP contribution in [0.1, 0.15) is 96.8 Å². The molecule has 0 aliphatic carbocycles. The molecule has 0 fully saturated rings. The summed E-state index contributed by atoms with van der Waals surface area (Å²) in [6, 6.07) is 7.48. The number of fused-ring (bicyclic) bond motifs is 1. The molecule has 0 saturated heterocycles. The third-order valence-electron chi connectivity index (χ3n) is 6.29. The molecule has 186 valence electrons. The molecule has 2 aromatic rings. The molecular formula is C29H42N2O3. The maximum Gasteiger partial charge on any atom is 0.304 e. The lowest BCUT2D eigenvalue weighted by atomic mass is 9.99. The van der Waals surface area contributed by atoms with Crippen LogP contribution in [0.3, 0.4) is 0 Å². The van der Waals surface area contributed by atoms with Gasteiger partial charge in [0.2, 0.25) is 5.91 Å². The van der Waals surface area contributed by atoms with Crippen molar-refractivity contribution in [2.75, 3.05) is 5.32 Å². The number of allylic oxidation sites excluding steroid dienone is 2. The summed E-state index contributed by atoms with van der Waals surface area (Å²) in [6.45, 7) is 2.26. The van der Waals surface area contributed by atoms with Gasteiger partial charge in [-0.15, -0.1) is 0 Å². The van der Waals surface area contributed by atoms with E-state index in [-0.39, 0.29) is 12.3 Å². The summed E-state index contributed by atoms with van der Waals surface area (Å²) in [4.78, 5) is 28.3. The number of anilines is 1. The fourth-order valence-corrected chi connectivity index (χ4v) is 4.26. The highest BCUT2D eigenvalue weighted by Gasteiger charge is 2.21. The van der Waals surface area contributed by atoms with E-state index in [1.165, 1.54) is 64.2 Å². The molecule has 0 aliphatic rings. The number of carboxylic acids is 1. The van der Waals surface area contributed by atoms with Gasteiger partial charge in [0, 0.05) is 28.9 Å². The summed E-state index contributed by atoms with van der Waals surface area (Å²) in [7, 11) is 0. The molecule has 5 heteroatoms. The van der Waals surface area contributed by atoms with Crippen LogP contribution in [-0.2, 0) is 9.59 Å². The van der Waals surface area contributed by atoms with Crippen molar-refractivity contribution < 1.29 is 14.7 Å². The number of nitrogens with one attached hydrogen (secondary N) is 1. The van der Waals surface area contributed by atoms with Crippen LogP contribution in [0.2, 0.25) is 0 Å². The van der Waals surface area contributed by atoms with E-state index in [1.54, 1.807) is 12.4 Å². The van der Waals surface area contributed by atoms with Gasteiger partial charge < -0.3 is 10.4 Å². The number of pyridine rings is 1. The molecule has 34 heavy (non-hydrogen) atoms. The Hall–Kier alpha value is -2.69. The number of nitrogens with zero attached hydrogens (tertiary/aromatic N) is 1. The van der Waals surface area contributed by atoms with Crippen LogP contribution in [-0.4, -0.2) is 22.0 Å². The number of rotatable bonds is 18. The second-order valence-electron chi connectivity index (χ2n) is 9.22. The molecule has 0 unspecified atom stereocenters. The molecule has 0 aliphatic heterocycles. The van der Waals surface area contributed by atoms with Crippen molar-refractivity contribution in [3.05, 3.63) is 48.8 Å². The Balaban J connectivity index is 1.67. The first kappa shape index (κ1) is 27.6. The molecular weight excluding hydrogens is 424 g/mol. The summed E-state index contributed by atoms with van der Waals surface area (Å²) >= 11 is 0. The van der Waals surface area contributed by atoms with E-state index < -0.39 is 11.9 Å². The Morgan fingerprint density at radius 3 is 2.29 bits per heavy atom. The van der Waals surface area contributed by atoms with Crippen LogP contribution in [0.15, 0.2) is 48.8 Å². The Morgan fingerprint density at radius 2 is 1.62 bits per heavy atom. The maximum atomic E-state index is 12.8. The average Bonchev–Trinajstić information content (AvgIpc) is 2.83. The van der Waals surface area contributed by atoms with Crippen molar-refractivity contribution in [1.29, 1.82) is 0 Å². The van der Waals surface area contributed by atoms with Gasteiger partial charge in [0.05, 0.1) is 12.3 Å². The Labute approximate surface area is 205 Å². The highest BCUT2D eigenvalue weighted by molar-refractivity contribution is 6.03. The Kier molecular flexibility index (Phi) is 13.7. The van der Waals surface area contributed by atoms with E-state index in [0.717, 1.165) is 23.6 Å². The molecule has 1 heterocycles. The summed E-state index contributed by atoms with van der Waals surface area (Å²) in [5.74, 6) is -1.81. The largest absolute Gasteiger partial charge is 0.481 e. The van der Waals surface area contributed by atoms with Crippen molar-refractivity contribution in [3.8, 4) is 0 Å². The first-order valence-electron chi connectivity index (χ1n) is 13.1. The first-order chi connectivity index (χ1) is 16.6.